The maximum Gasteiger partial charge on any atom is 0.250 e. The lowest BCUT2D eigenvalue weighted by atomic mass is 10.0. The first-order valence-electron chi connectivity index (χ1n) is 9.70. The zero-order chi connectivity index (χ0) is 21.1. The van der Waals surface area contributed by atoms with Crippen LogP contribution in [0.3, 0.4) is 0 Å². The molecule has 154 valence electrons. The van der Waals surface area contributed by atoms with Crippen LogP contribution in [0, 0.1) is 12.7 Å². The number of aryl methyl sites for hydroxylation is 3. The van der Waals surface area contributed by atoms with E-state index >= 15 is 0 Å². The molecule has 4 rings (SSSR count). The van der Waals surface area contributed by atoms with Crippen molar-refractivity contribution in [2.24, 2.45) is 0 Å². The van der Waals surface area contributed by atoms with E-state index in [9.17, 15) is 4.39 Å². The average Bonchev–Trinajstić information content (AvgIpc) is 3.14. The molecule has 0 aromatic carbocycles. The molecule has 6 nitrogen and oxygen atoms in total. The number of ether oxygens (including phenoxy) is 2. The SMILES string of the molecule is COc1cc(Cc2c[nH]c3ncc(C)cc23)cnc1CCc1cnc(OC)c(F)c1. The fourth-order valence-electron chi connectivity index (χ4n) is 3.52. The Morgan fingerprint density at radius 2 is 1.77 bits per heavy atom. The molecule has 7 heteroatoms. The summed E-state index contributed by atoms with van der Waals surface area (Å²) in [6, 6.07) is 5.59. The van der Waals surface area contributed by atoms with Crippen LogP contribution < -0.4 is 9.47 Å². The smallest absolute Gasteiger partial charge is 0.250 e. The summed E-state index contributed by atoms with van der Waals surface area (Å²) >= 11 is 0. The number of aromatic nitrogens is 4. The number of hydrogen-bond donors (Lipinski definition) is 1. The van der Waals surface area contributed by atoms with Gasteiger partial charge in [-0.25, -0.2) is 14.4 Å². The lowest BCUT2D eigenvalue weighted by Crippen LogP contribution is -2.02. The standard InChI is InChI=1S/C23H23FN4O2/c1-14-6-18-17(13-27-22(18)26-10-14)7-16-9-21(29-2)20(25-12-16)5-4-15-8-19(24)23(30-3)28-11-15/h6,8-13H,4-5,7H2,1-3H3,(H,26,27). The first kappa shape index (κ1) is 19.8. The molecule has 1 N–H and O–H groups in total. The van der Waals surface area contributed by atoms with Crippen molar-refractivity contribution in [1.82, 2.24) is 19.9 Å². The van der Waals surface area contributed by atoms with E-state index in [0.29, 0.717) is 12.8 Å². The fourth-order valence-corrected chi connectivity index (χ4v) is 3.52. The number of methoxy groups -OCH3 is 2. The molecule has 0 aliphatic rings. The van der Waals surface area contributed by atoms with E-state index in [2.05, 4.69) is 26.0 Å². The van der Waals surface area contributed by atoms with Gasteiger partial charge in [0.15, 0.2) is 5.82 Å². The minimum absolute atomic E-state index is 0.00137. The predicted octanol–water partition coefficient (Wildman–Crippen LogP) is 4.19. The Balaban J connectivity index is 1.51. The zero-order valence-electron chi connectivity index (χ0n) is 17.2. The van der Waals surface area contributed by atoms with E-state index in [-0.39, 0.29) is 5.88 Å². The first-order valence-corrected chi connectivity index (χ1v) is 9.70. The molecule has 0 unspecified atom stereocenters. The molecular weight excluding hydrogens is 383 g/mol. The third-order valence-corrected chi connectivity index (χ3v) is 5.06. The van der Waals surface area contributed by atoms with E-state index in [1.807, 2.05) is 31.6 Å². The Morgan fingerprint density at radius 1 is 0.933 bits per heavy atom. The number of nitrogens with zero attached hydrogens (tertiary/aromatic N) is 3. The van der Waals surface area contributed by atoms with Crippen LogP contribution in [0.5, 0.6) is 11.6 Å². The van der Waals surface area contributed by atoms with Gasteiger partial charge in [-0.05, 0) is 60.2 Å². The van der Waals surface area contributed by atoms with Gasteiger partial charge < -0.3 is 14.5 Å². The normalized spacial score (nSPS) is 11.1. The number of fused-ring (bicyclic) bond motifs is 1. The second kappa shape index (κ2) is 8.49. The third kappa shape index (κ3) is 4.10. The maximum absolute atomic E-state index is 13.9. The average molecular weight is 406 g/mol. The van der Waals surface area contributed by atoms with Crippen molar-refractivity contribution in [2.75, 3.05) is 14.2 Å². The van der Waals surface area contributed by atoms with Crippen LogP contribution in [0.1, 0.15) is 27.9 Å². The Labute approximate surface area is 174 Å². The van der Waals surface area contributed by atoms with Crippen LogP contribution in [-0.4, -0.2) is 34.2 Å². The molecule has 0 saturated carbocycles. The molecule has 30 heavy (non-hydrogen) atoms. The molecule has 0 aliphatic heterocycles. The molecule has 0 fully saturated rings. The van der Waals surface area contributed by atoms with Crippen molar-refractivity contribution in [3.63, 3.8) is 0 Å². The highest BCUT2D eigenvalue weighted by Crippen LogP contribution is 2.25. The highest BCUT2D eigenvalue weighted by Gasteiger charge is 2.11. The van der Waals surface area contributed by atoms with Crippen molar-refractivity contribution < 1.29 is 13.9 Å². The minimum atomic E-state index is -0.464. The summed E-state index contributed by atoms with van der Waals surface area (Å²) in [6.07, 6.45) is 9.27. The Kier molecular flexibility index (Phi) is 5.61. The van der Waals surface area contributed by atoms with Gasteiger partial charge in [0.2, 0.25) is 5.88 Å². The number of aromatic amines is 1. The highest BCUT2D eigenvalue weighted by atomic mass is 19.1. The molecule has 0 saturated heterocycles. The number of H-pyrrole nitrogens is 1. The molecule has 0 atom stereocenters. The topological polar surface area (TPSA) is 72.9 Å². The Bertz CT molecular complexity index is 1190. The minimum Gasteiger partial charge on any atom is -0.495 e. The third-order valence-electron chi connectivity index (χ3n) is 5.06. The van der Waals surface area contributed by atoms with Gasteiger partial charge in [-0.2, -0.15) is 0 Å². The molecule has 4 aromatic heterocycles. The van der Waals surface area contributed by atoms with Crippen molar-refractivity contribution in [3.05, 3.63) is 76.8 Å². The second-order valence-electron chi connectivity index (χ2n) is 7.23. The van der Waals surface area contributed by atoms with Gasteiger partial charge in [0, 0.05) is 36.6 Å². The number of nitrogens with one attached hydrogen (secondary N) is 1. The summed E-state index contributed by atoms with van der Waals surface area (Å²) in [6.45, 7) is 2.03. The van der Waals surface area contributed by atoms with Crippen LogP contribution >= 0.6 is 0 Å². The van der Waals surface area contributed by atoms with E-state index in [1.54, 1.807) is 13.3 Å². The van der Waals surface area contributed by atoms with Crippen LogP contribution in [0.2, 0.25) is 0 Å². The first-order chi connectivity index (χ1) is 14.6. The van der Waals surface area contributed by atoms with Crippen molar-refractivity contribution >= 4 is 11.0 Å². The monoisotopic (exact) mass is 406 g/mol. The van der Waals surface area contributed by atoms with Gasteiger partial charge in [0.25, 0.3) is 0 Å². The largest absolute Gasteiger partial charge is 0.495 e. The molecule has 4 aromatic rings. The molecule has 0 spiro atoms. The predicted molar refractivity (Wildman–Crippen MR) is 113 cm³/mol. The quantitative estimate of drug-likeness (QED) is 0.498. The molecule has 0 bridgehead atoms. The van der Waals surface area contributed by atoms with Crippen LogP contribution in [-0.2, 0) is 19.3 Å². The molecule has 0 aliphatic carbocycles. The van der Waals surface area contributed by atoms with Crippen LogP contribution in [0.15, 0.2) is 43.0 Å². The summed E-state index contributed by atoms with van der Waals surface area (Å²) in [7, 11) is 3.03. The molecule has 4 heterocycles. The number of rotatable bonds is 7. The molecule has 0 radical (unpaired) electrons. The molecular formula is C23H23FN4O2. The number of pyridine rings is 3. The molecule has 0 amide bonds. The lowest BCUT2D eigenvalue weighted by molar-refractivity contribution is 0.368. The van der Waals surface area contributed by atoms with Crippen molar-refractivity contribution in [2.45, 2.75) is 26.2 Å². The van der Waals surface area contributed by atoms with Crippen LogP contribution in [0.25, 0.3) is 11.0 Å². The summed E-state index contributed by atoms with van der Waals surface area (Å²) in [5.74, 6) is 0.263. The summed E-state index contributed by atoms with van der Waals surface area (Å²) in [5.41, 5.74) is 5.83. The van der Waals surface area contributed by atoms with E-state index in [4.69, 9.17) is 9.47 Å². The Morgan fingerprint density at radius 3 is 2.53 bits per heavy atom. The van der Waals surface area contributed by atoms with E-state index < -0.39 is 5.82 Å². The second-order valence-corrected chi connectivity index (χ2v) is 7.23. The summed E-state index contributed by atoms with van der Waals surface area (Å²) in [4.78, 5) is 16.2. The number of halogens is 1. The van der Waals surface area contributed by atoms with Gasteiger partial charge in [-0.15, -0.1) is 0 Å². The summed E-state index contributed by atoms with van der Waals surface area (Å²) in [5, 5.41) is 1.12. The van der Waals surface area contributed by atoms with Crippen molar-refractivity contribution in [3.8, 4) is 11.6 Å². The van der Waals surface area contributed by atoms with E-state index in [0.717, 1.165) is 51.2 Å². The lowest BCUT2D eigenvalue weighted by Gasteiger charge is -2.10. The van der Waals surface area contributed by atoms with Crippen LogP contribution in [0.4, 0.5) is 4.39 Å². The van der Waals surface area contributed by atoms with Gasteiger partial charge in [0.05, 0.1) is 19.9 Å². The highest BCUT2D eigenvalue weighted by molar-refractivity contribution is 5.80. The van der Waals surface area contributed by atoms with Gasteiger partial charge in [-0.3, -0.25) is 4.98 Å². The van der Waals surface area contributed by atoms with Gasteiger partial charge in [-0.1, -0.05) is 0 Å². The maximum atomic E-state index is 13.9. The summed E-state index contributed by atoms with van der Waals surface area (Å²) < 4.78 is 24.3. The van der Waals surface area contributed by atoms with Gasteiger partial charge in [0.1, 0.15) is 11.4 Å². The fraction of sp³-hybridized carbons (Fsp3) is 0.261. The zero-order valence-corrected chi connectivity index (χ0v) is 17.2. The van der Waals surface area contributed by atoms with E-state index in [1.165, 1.54) is 13.2 Å². The number of hydrogen-bond acceptors (Lipinski definition) is 5. The van der Waals surface area contributed by atoms with Gasteiger partial charge >= 0.3 is 0 Å². The Hall–Kier alpha value is -3.48. The van der Waals surface area contributed by atoms with Crippen molar-refractivity contribution in [1.29, 1.82) is 0 Å².